The highest BCUT2D eigenvalue weighted by Crippen LogP contribution is 2.39. The molecule has 1 aliphatic heterocycles. The Bertz CT molecular complexity index is 510. The van der Waals surface area contributed by atoms with E-state index in [1.165, 1.54) is 0 Å². The molecule has 106 valence electrons. The van der Waals surface area contributed by atoms with Gasteiger partial charge in [0.15, 0.2) is 0 Å². The van der Waals surface area contributed by atoms with E-state index in [-0.39, 0.29) is 17.9 Å². The number of likely N-dealkylation sites (tertiary alicyclic amines) is 1. The minimum absolute atomic E-state index is 0.0416. The van der Waals surface area contributed by atoms with Gasteiger partial charge in [0.05, 0.1) is 12.0 Å². The van der Waals surface area contributed by atoms with Crippen molar-refractivity contribution >= 4 is 11.9 Å². The van der Waals surface area contributed by atoms with Gasteiger partial charge in [-0.3, -0.25) is 9.59 Å². The summed E-state index contributed by atoms with van der Waals surface area (Å²) in [4.78, 5) is 25.5. The van der Waals surface area contributed by atoms with Gasteiger partial charge in [0, 0.05) is 12.5 Å². The number of aliphatic carboxylic acids is 1. The van der Waals surface area contributed by atoms with E-state index in [2.05, 4.69) is 0 Å². The van der Waals surface area contributed by atoms with Gasteiger partial charge in [0.1, 0.15) is 0 Å². The lowest BCUT2D eigenvalue weighted by Crippen LogP contribution is -2.45. The van der Waals surface area contributed by atoms with Crippen LogP contribution in [0.1, 0.15) is 37.3 Å². The highest BCUT2D eigenvalue weighted by molar-refractivity contribution is 5.82. The van der Waals surface area contributed by atoms with E-state index in [0.717, 1.165) is 24.8 Å². The molecule has 0 radical (unpaired) electrons. The predicted octanol–water partition coefficient (Wildman–Crippen LogP) is 2.46. The second kappa shape index (κ2) is 5.27. The van der Waals surface area contributed by atoms with Crippen LogP contribution in [0.15, 0.2) is 30.3 Å². The van der Waals surface area contributed by atoms with Crippen LogP contribution in [-0.2, 0) is 9.59 Å². The molecule has 1 amide bonds. The van der Waals surface area contributed by atoms with Crippen LogP contribution in [0.2, 0.25) is 0 Å². The summed E-state index contributed by atoms with van der Waals surface area (Å²) in [6.45, 7) is 0.351. The fraction of sp³-hybridized carbons (Fsp3) is 0.500. The number of piperidine rings is 1. The van der Waals surface area contributed by atoms with Gasteiger partial charge in [-0.25, -0.2) is 0 Å². The van der Waals surface area contributed by atoms with Crippen molar-refractivity contribution in [2.24, 2.45) is 11.8 Å². The maximum absolute atomic E-state index is 12.4. The number of carboxylic acids is 1. The van der Waals surface area contributed by atoms with Crippen molar-refractivity contribution < 1.29 is 14.7 Å². The van der Waals surface area contributed by atoms with Crippen molar-refractivity contribution in [1.82, 2.24) is 4.90 Å². The summed E-state index contributed by atoms with van der Waals surface area (Å²) in [6, 6.07) is 9.99. The van der Waals surface area contributed by atoms with Crippen molar-refractivity contribution in [3.63, 3.8) is 0 Å². The maximum atomic E-state index is 12.4. The van der Waals surface area contributed by atoms with E-state index in [9.17, 15) is 14.7 Å². The summed E-state index contributed by atoms with van der Waals surface area (Å²) in [5, 5.41) is 9.21. The SMILES string of the molecule is O=C(O)C1CCC(c2ccccc2)N(C(=O)C2CC2)C1. The van der Waals surface area contributed by atoms with Gasteiger partial charge in [0.2, 0.25) is 5.91 Å². The van der Waals surface area contributed by atoms with Gasteiger partial charge in [-0.05, 0) is 31.2 Å². The van der Waals surface area contributed by atoms with Gasteiger partial charge in [0.25, 0.3) is 0 Å². The summed E-state index contributed by atoms with van der Waals surface area (Å²) in [6.07, 6.45) is 3.28. The highest BCUT2D eigenvalue weighted by atomic mass is 16.4. The third-order valence-electron chi connectivity index (χ3n) is 4.33. The van der Waals surface area contributed by atoms with Gasteiger partial charge in [-0.15, -0.1) is 0 Å². The van der Waals surface area contributed by atoms with Gasteiger partial charge < -0.3 is 10.0 Å². The Hall–Kier alpha value is -1.84. The molecule has 1 N–H and O–H groups in total. The quantitative estimate of drug-likeness (QED) is 0.920. The molecule has 1 saturated carbocycles. The number of carbonyl (C=O) groups excluding carboxylic acids is 1. The smallest absolute Gasteiger partial charge is 0.308 e. The number of carbonyl (C=O) groups is 2. The highest BCUT2D eigenvalue weighted by Gasteiger charge is 2.41. The monoisotopic (exact) mass is 273 g/mol. The number of hydrogen-bond donors (Lipinski definition) is 1. The molecule has 4 nitrogen and oxygen atoms in total. The predicted molar refractivity (Wildman–Crippen MR) is 74.0 cm³/mol. The molecule has 0 bridgehead atoms. The zero-order chi connectivity index (χ0) is 14.1. The molecule has 0 spiro atoms. The molecule has 2 atom stereocenters. The van der Waals surface area contributed by atoms with Crippen LogP contribution in [0.25, 0.3) is 0 Å². The Morgan fingerprint density at radius 2 is 1.65 bits per heavy atom. The van der Waals surface area contributed by atoms with Crippen LogP contribution >= 0.6 is 0 Å². The molecule has 1 aromatic rings. The standard InChI is InChI=1S/C16H19NO3/c18-15(12-6-7-12)17-10-13(16(19)20)8-9-14(17)11-4-2-1-3-5-11/h1-5,12-14H,6-10H2,(H,19,20). The number of rotatable bonds is 3. The number of benzene rings is 1. The van der Waals surface area contributed by atoms with Gasteiger partial charge >= 0.3 is 5.97 Å². The summed E-state index contributed by atoms with van der Waals surface area (Å²) >= 11 is 0. The minimum atomic E-state index is -0.787. The third-order valence-corrected chi connectivity index (χ3v) is 4.33. The second-order valence-corrected chi connectivity index (χ2v) is 5.80. The average Bonchev–Trinajstić information content (AvgIpc) is 3.31. The van der Waals surface area contributed by atoms with E-state index in [1.807, 2.05) is 35.2 Å². The number of carboxylic acid groups (broad SMARTS) is 1. The van der Waals surface area contributed by atoms with E-state index < -0.39 is 11.9 Å². The fourth-order valence-electron chi connectivity index (χ4n) is 3.00. The lowest BCUT2D eigenvalue weighted by Gasteiger charge is -2.39. The molecular weight excluding hydrogens is 254 g/mol. The molecule has 4 heteroatoms. The first-order valence-corrected chi connectivity index (χ1v) is 7.25. The maximum Gasteiger partial charge on any atom is 0.308 e. The molecular formula is C16H19NO3. The lowest BCUT2D eigenvalue weighted by atomic mass is 9.88. The number of amides is 1. The molecule has 1 saturated heterocycles. The Kier molecular flexibility index (Phi) is 3.47. The Morgan fingerprint density at radius 3 is 2.25 bits per heavy atom. The van der Waals surface area contributed by atoms with Crippen molar-refractivity contribution in [3.05, 3.63) is 35.9 Å². The first-order chi connectivity index (χ1) is 9.66. The van der Waals surface area contributed by atoms with Crippen LogP contribution in [0.4, 0.5) is 0 Å². The van der Waals surface area contributed by atoms with E-state index in [4.69, 9.17) is 0 Å². The van der Waals surface area contributed by atoms with Crippen molar-refractivity contribution in [1.29, 1.82) is 0 Å². The minimum Gasteiger partial charge on any atom is -0.481 e. The van der Waals surface area contributed by atoms with Crippen LogP contribution in [0, 0.1) is 11.8 Å². The molecule has 0 aromatic heterocycles. The van der Waals surface area contributed by atoms with Crippen molar-refractivity contribution in [2.75, 3.05) is 6.54 Å². The zero-order valence-electron chi connectivity index (χ0n) is 11.4. The number of hydrogen-bond acceptors (Lipinski definition) is 2. The van der Waals surface area contributed by atoms with Gasteiger partial charge in [-0.2, -0.15) is 0 Å². The van der Waals surface area contributed by atoms with Crippen LogP contribution in [0.3, 0.4) is 0 Å². The van der Waals surface area contributed by atoms with E-state index in [1.54, 1.807) is 0 Å². The second-order valence-electron chi connectivity index (χ2n) is 5.80. The summed E-state index contributed by atoms with van der Waals surface area (Å²) in [5.74, 6) is -0.929. The molecule has 1 heterocycles. The van der Waals surface area contributed by atoms with Crippen LogP contribution in [-0.4, -0.2) is 28.4 Å². The van der Waals surface area contributed by atoms with Crippen molar-refractivity contribution in [2.45, 2.75) is 31.7 Å². The average molecular weight is 273 g/mol. The van der Waals surface area contributed by atoms with Crippen LogP contribution in [0.5, 0.6) is 0 Å². The lowest BCUT2D eigenvalue weighted by molar-refractivity contribution is -0.148. The Balaban J connectivity index is 1.84. The first-order valence-electron chi connectivity index (χ1n) is 7.25. The van der Waals surface area contributed by atoms with E-state index in [0.29, 0.717) is 13.0 Å². The first kappa shape index (κ1) is 13.2. The molecule has 1 aliphatic carbocycles. The van der Waals surface area contributed by atoms with Crippen LogP contribution < -0.4 is 0 Å². The molecule has 20 heavy (non-hydrogen) atoms. The topological polar surface area (TPSA) is 57.6 Å². The number of nitrogens with zero attached hydrogens (tertiary/aromatic N) is 1. The summed E-state index contributed by atoms with van der Waals surface area (Å²) in [7, 11) is 0. The molecule has 2 fully saturated rings. The van der Waals surface area contributed by atoms with E-state index >= 15 is 0 Å². The Morgan fingerprint density at radius 1 is 1.00 bits per heavy atom. The summed E-state index contributed by atoms with van der Waals surface area (Å²) < 4.78 is 0. The normalized spacial score (nSPS) is 26.3. The molecule has 2 aliphatic rings. The zero-order valence-corrected chi connectivity index (χ0v) is 11.4. The molecule has 3 rings (SSSR count). The summed E-state index contributed by atoms with van der Waals surface area (Å²) in [5.41, 5.74) is 1.12. The molecule has 2 unspecified atom stereocenters. The Labute approximate surface area is 118 Å². The molecule has 1 aromatic carbocycles. The van der Waals surface area contributed by atoms with Gasteiger partial charge in [-0.1, -0.05) is 30.3 Å². The van der Waals surface area contributed by atoms with Crippen molar-refractivity contribution in [3.8, 4) is 0 Å². The largest absolute Gasteiger partial charge is 0.481 e. The third kappa shape index (κ3) is 2.55. The fourth-order valence-corrected chi connectivity index (χ4v) is 3.00.